The van der Waals surface area contributed by atoms with E-state index in [9.17, 15) is 14.7 Å². The molecular formula is C25H31N2O4+. The van der Waals surface area contributed by atoms with Gasteiger partial charge in [0.05, 0.1) is 45.9 Å². The molecule has 6 nitrogen and oxygen atoms in total. The minimum Gasteiger partial charge on any atom is -0.507 e. The number of ether oxygens (including phenoxy) is 1. The molecule has 2 N–H and O–H groups in total. The Balaban J connectivity index is 2.11. The number of amides is 1. The summed E-state index contributed by atoms with van der Waals surface area (Å²) in [5.74, 6) is -0.378. The SMILES string of the molecule is COc1ccc(C(O)=C2C(=O)C(=O)N(CC[NH+](C)C)[C@H]2c2ccc(C(C)C)cc2)cc1. The Hall–Kier alpha value is -3.12. The molecule has 0 unspecified atom stereocenters. The highest BCUT2D eigenvalue weighted by Gasteiger charge is 2.46. The van der Waals surface area contributed by atoms with Crippen molar-refractivity contribution in [3.8, 4) is 5.75 Å². The summed E-state index contributed by atoms with van der Waals surface area (Å²) in [6, 6.07) is 14.1. The van der Waals surface area contributed by atoms with E-state index in [1.165, 1.54) is 10.5 Å². The lowest BCUT2D eigenvalue weighted by molar-refractivity contribution is -0.857. The number of aliphatic hydroxyl groups excluding tert-OH is 1. The second kappa shape index (κ2) is 9.35. The van der Waals surface area contributed by atoms with Gasteiger partial charge in [0.15, 0.2) is 0 Å². The van der Waals surface area contributed by atoms with E-state index in [2.05, 4.69) is 13.8 Å². The highest BCUT2D eigenvalue weighted by Crippen LogP contribution is 2.39. The van der Waals surface area contributed by atoms with Crippen LogP contribution in [0, 0.1) is 0 Å². The van der Waals surface area contributed by atoms with Crippen LogP contribution in [0.15, 0.2) is 54.1 Å². The van der Waals surface area contributed by atoms with Crippen LogP contribution in [0.25, 0.3) is 5.76 Å². The number of nitrogens with one attached hydrogen (secondary N) is 1. The third kappa shape index (κ3) is 4.64. The summed E-state index contributed by atoms with van der Waals surface area (Å²) in [7, 11) is 5.56. The average molecular weight is 424 g/mol. The van der Waals surface area contributed by atoms with Crippen LogP contribution in [0.5, 0.6) is 5.75 Å². The number of nitrogens with zero attached hydrogens (tertiary/aromatic N) is 1. The largest absolute Gasteiger partial charge is 0.507 e. The maximum atomic E-state index is 13.0. The lowest BCUT2D eigenvalue weighted by Crippen LogP contribution is -3.06. The molecule has 0 bridgehead atoms. The predicted molar refractivity (Wildman–Crippen MR) is 120 cm³/mol. The van der Waals surface area contributed by atoms with Gasteiger partial charge in [-0.3, -0.25) is 9.59 Å². The van der Waals surface area contributed by atoms with Crippen molar-refractivity contribution in [1.82, 2.24) is 4.90 Å². The lowest BCUT2D eigenvalue weighted by atomic mass is 9.93. The number of carbonyl (C=O) groups is 2. The molecule has 0 aliphatic carbocycles. The Bertz CT molecular complexity index is 976. The van der Waals surface area contributed by atoms with E-state index >= 15 is 0 Å². The van der Waals surface area contributed by atoms with Crippen molar-refractivity contribution in [2.45, 2.75) is 25.8 Å². The number of rotatable bonds is 7. The van der Waals surface area contributed by atoms with Gasteiger partial charge in [0.1, 0.15) is 11.5 Å². The zero-order chi connectivity index (χ0) is 22.7. The Kier molecular flexibility index (Phi) is 6.81. The van der Waals surface area contributed by atoms with Gasteiger partial charge in [0.25, 0.3) is 11.7 Å². The standard InChI is InChI=1S/C25H30N2O4/c1-16(2)17-6-8-18(9-7-17)22-21(23(28)19-10-12-20(31-5)13-11-19)24(29)25(30)27(22)15-14-26(3)4/h6-13,16,22,28H,14-15H2,1-5H3/p+1/t22-/m0/s1. The van der Waals surface area contributed by atoms with E-state index in [4.69, 9.17) is 4.74 Å². The Morgan fingerprint density at radius 1 is 1.06 bits per heavy atom. The van der Waals surface area contributed by atoms with E-state index in [-0.39, 0.29) is 11.3 Å². The molecule has 2 aromatic rings. The number of methoxy groups -OCH3 is 1. The predicted octanol–water partition coefficient (Wildman–Crippen LogP) is 2.38. The maximum Gasteiger partial charge on any atom is 0.295 e. The first-order valence-corrected chi connectivity index (χ1v) is 10.6. The van der Waals surface area contributed by atoms with Crippen molar-refractivity contribution < 1.29 is 24.3 Å². The third-order valence-corrected chi connectivity index (χ3v) is 5.67. The number of hydrogen-bond acceptors (Lipinski definition) is 4. The molecule has 2 aromatic carbocycles. The fourth-order valence-corrected chi connectivity index (χ4v) is 3.77. The van der Waals surface area contributed by atoms with Crippen LogP contribution in [-0.2, 0) is 9.59 Å². The van der Waals surface area contributed by atoms with Gasteiger partial charge in [-0.1, -0.05) is 38.1 Å². The summed E-state index contributed by atoms with van der Waals surface area (Å²) < 4.78 is 5.18. The Labute approximate surface area is 183 Å². The van der Waals surface area contributed by atoms with Crippen LogP contribution in [0.1, 0.15) is 42.5 Å². The first-order chi connectivity index (χ1) is 14.7. The number of likely N-dealkylation sites (tertiary alicyclic amines) is 1. The average Bonchev–Trinajstić information content (AvgIpc) is 3.02. The number of likely N-dealkylation sites (N-methyl/N-ethyl adjacent to an activating group) is 1. The first-order valence-electron chi connectivity index (χ1n) is 10.6. The van der Waals surface area contributed by atoms with E-state index in [0.29, 0.717) is 30.3 Å². The van der Waals surface area contributed by atoms with Gasteiger partial charge in [-0.25, -0.2) is 0 Å². The topological polar surface area (TPSA) is 71.3 Å². The van der Waals surface area contributed by atoms with E-state index in [1.54, 1.807) is 36.3 Å². The molecule has 3 rings (SSSR count). The highest BCUT2D eigenvalue weighted by molar-refractivity contribution is 6.46. The van der Waals surface area contributed by atoms with Crippen LogP contribution < -0.4 is 9.64 Å². The van der Waals surface area contributed by atoms with Crippen molar-refractivity contribution in [1.29, 1.82) is 0 Å². The summed E-state index contributed by atoms with van der Waals surface area (Å²) in [5, 5.41) is 11.1. The molecule has 0 spiro atoms. The second-order valence-corrected chi connectivity index (χ2v) is 8.50. The summed E-state index contributed by atoms with van der Waals surface area (Å²) in [4.78, 5) is 28.7. The minimum atomic E-state index is -0.653. The quantitative estimate of drug-likeness (QED) is 0.408. The number of carbonyl (C=O) groups excluding carboxylic acids is 2. The maximum absolute atomic E-state index is 13.0. The third-order valence-electron chi connectivity index (χ3n) is 5.67. The monoisotopic (exact) mass is 423 g/mol. The van der Waals surface area contributed by atoms with Crippen molar-refractivity contribution >= 4 is 17.4 Å². The number of quaternary nitrogens is 1. The summed E-state index contributed by atoms with van der Waals surface area (Å²) in [6.45, 7) is 5.34. The van der Waals surface area contributed by atoms with Gasteiger partial charge in [-0.15, -0.1) is 0 Å². The molecule has 1 fully saturated rings. The molecule has 1 amide bonds. The van der Waals surface area contributed by atoms with E-state index < -0.39 is 17.7 Å². The smallest absolute Gasteiger partial charge is 0.295 e. The van der Waals surface area contributed by atoms with Crippen molar-refractivity contribution in [2.24, 2.45) is 0 Å². The van der Waals surface area contributed by atoms with Crippen LogP contribution in [-0.4, -0.2) is 56.0 Å². The van der Waals surface area contributed by atoms with Gasteiger partial charge in [0.2, 0.25) is 0 Å². The summed E-state index contributed by atoms with van der Waals surface area (Å²) in [5.41, 5.74) is 2.59. The first kappa shape index (κ1) is 22.6. The number of ketones is 1. The van der Waals surface area contributed by atoms with E-state index in [1.807, 2.05) is 38.4 Å². The Morgan fingerprint density at radius 2 is 1.68 bits per heavy atom. The molecule has 1 heterocycles. The van der Waals surface area contributed by atoms with Gasteiger partial charge in [0, 0.05) is 5.56 Å². The molecule has 0 aromatic heterocycles. The summed E-state index contributed by atoms with van der Waals surface area (Å²) >= 11 is 0. The molecule has 164 valence electrons. The zero-order valence-electron chi connectivity index (χ0n) is 18.8. The molecule has 0 radical (unpaired) electrons. The van der Waals surface area contributed by atoms with Crippen LogP contribution in [0.2, 0.25) is 0 Å². The molecule has 6 heteroatoms. The Morgan fingerprint density at radius 3 is 2.19 bits per heavy atom. The number of benzene rings is 2. The van der Waals surface area contributed by atoms with E-state index in [0.717, 1.165) is 5.56 Å². The molecule has 31 heavy (non-hydrogen) atoms. The number of Topliss-reactive ketones (excluding diaryl/α,β-unsaturated/α-hetero) is 1. The van der Waals surface area contributed by atoms with Gasteiger partial charge < -0.3 is 19.6 Å². The van der Waals surface area contributed by atoms with Crippen molar-refractivity contribution in [3.63, 3.8) is 0 Å². The van der Waals surface area contributed by atoms with Crippen LogP contribution >= 0.6 is 0 Å². The van der Waals surface area contributed by atoms with Crippen molar-refractivity contribution in [3.05, 3.63) is 70.8 Å². The van der Waals surface area contributed by atoms with Gasteiger partial charge >= 0.3 is 0 Å². The molecule has 1 aliphatic rings. The fraction of sp³-hybridized carbons (Fsp3) is 0.360. The van der Waals surface area contributed by atoms with Crippen LogP contribution in [0.3, 0.4) is 0 Å². The molecule has 1 saturated heterocycles. The van der Waals surface area contributed by atoms with Gasteiger partial charge in [-0.2, -0.15) is 0 Å². The molecule has 1 aliphatic heterocycles. The molecular weight excluding hydrogens is 392 g/mol. The number of hydrogen-bond donors (Lipinski definition) is 2. The fourth-order valence-electron chi connectivity index (χ4n) is 3.77. The highest BCUT2D eigenvalue weighted by atomic mass is 16.5. The molecule has 1 atom stereocenters. The second-order valence-electron chi connectivity index (χ2n) is 8.50. The minimum absolute atomic E-state index is 0.126. The van der Waals surface area contributed by atoms with Gasteiger partial charge in [-0.05, 0) is 41.3 Å². The normalized spacial score (nSPS) is 18.3. The van der Waals surface area contributed by atoms with Crippen LogP contribution in [0.4, 0.5) is 0 Å². The molecule has 0 saturated carbocycles. The lowest BCUT2D eigenvalue weighted by Gasteiger charge is -2.26. The zero-order valence-corrected chi connectivity index (χ0v) is 18.8. The number of aliphatic hydroxyl groups is 1. The summed E-state index contributed by atoms with van der Waals surface area (Å²) in [6.07, 6.45) is 0. The van der Waals surface area contributed by atoms with Crippen molar-refractivity contribution in [2.75, 3.05) is 34.3 Å².